The molecule has 0 aromatic heterocycles. The summed E-state index contributed by atoms with van der Waals surface area (Å²) < 4.78 is 74.2. The van der Waals surface area contributed by atoms with Crippen molar-refractivity contribution in [3.05, 3.63) is 23.3 Å². The van der Waals surface area contributed by atoms with Gasteiger partial charge in [-0.2, -0.15) is 26.3 Å². The Morgan fingerprint density at radius 2 is 1.53 bits per heavy atom. The Morgan fingerprint density at radius 1 is 1.00 bits per heavy atom. The van der Waals surface area contributed by atoms with E-state index in [-0.39, 0.29) is 6.07 Å². The maximum Gasteiger partial charge on any atom is 0.420 e. The first-order valence-corrected chi connectivity index (χ1v) is 5.35. The zero-order valence-corrected chi connectivity index (χ0v) is 9.09. The molecular weight excluding hydrogens is 270 g/mol. The SMILES string of the molecule is CSc1cc(C(F)(F)F)cc(C(F)(F)F)c1O. The molecule has 0 aliphatic rings. The molecule has 0 unspecified atom stereocenters. The minimum atomic E-state index is -5.03. The number of hydrogen-bond acceptors (Lipinski definition) is 2. The summed E-state index contributed by atoms with van der Waals surface area (Å²) >= 11 is 0.606. The summed E-state index contributed by atoms with van der Waals surface area (Å²) in [5.74, 6) is -1.18. The molecule has 0 radical (unpaired) electrons. The van der Waals surface area contributed by atoms with Gasteiger partial charge in [0.1, 0.15) is 5.75 Å². The van der Waals surface area contributed by atoms with Crippen LogP contribution in [0.15, 0.2) is 17.0 Å². The lowest BCUT2D eigenvalue weighted by Crippen LogP contribution is -2.11. The molecule has 0 aliphatic heterocycles. The third kappa shape index (κ3) is 2.99. The highest BCUT2D eigenvalue weighted by molar-refractivity contribution is 7.98. The summed E-state index contributed by atoms with van der Waals surface area (Å²) in [4.78, 5) is -0.466. The maximum absolute atomic E-state index is 12.4. The fourth-order valence-electron chi connectivity index (χ4n) is 1.14. The van der Waals surface area contributed by atoms with Crippen LogP contribution < -0.4 is 0 Å². The van der Waals surface area contributed by atoms with Crippen LogP contribution in [0.25, 0.3) is 0 Å². The average Bonchev–Trinajstić information content (AvgIpc) is 2.14. The van der Waals surface area contributed by atoms with Crippen LogP contribution >= 0.6 is 11.8 Å². The van der Waals surface area contributed by atoms with E-state index < -0.39 is 34.1 Å². The Balaban J connectivity index is 3.50. The summed E-state index contributed by atoms with van der Waals surface area (Å²) in [6, 6.07) is 0.379. The molecule has 0 spiro atoms. The van der Waals surface area contributed by atoms with Gasteiger partial charge in [-0.15, -0.1) is 11.8 Å². The van der Waals surface area contributed by atoms with E-state index in [1.165, 1.54) is 6.26 Å². The van der Waals surface area contributed by atoms with E-state index in [0.29, 0.717) is 17.8 Å². The number of benzene rings is 1. The molecule has 1 rings (SSSR count). The first-order valence-electron chi connectivity index (χ1n) is 4.12. The van der Waals surface area contributed by atoms with Crippen molar-refractivity contribution in [2.45, 2.75) is 17.2 Å². The molecule has 0 atom stereocenters. The molecule has 0 heterocycles. The van der Waals surface area contributed by atoms with Gasteiger partial charge in [0.25, 0.3) is 0 Å². The molecule has 0 saturated heterocycles. The Kier molecular flexibility index (Phi) is 3.56. The fraction of sp³-hybridized carbons (Fsp3) is 0.333. The van der Waals surface area contributed by atoms with Crippen molar-refractivity contribution in [1.82, 2.24) is 0 Å². The third-order valence-corrected chi connectivity index (χ3v) is 2.68. The van der Waals surface area contributed by atoms with Crippen LogP contribution in [-0.4, -0.2) is 11.4 Å². The minimum Gasteiger partial charge on any atom is -0.506 e. The molecule has 0 saturated carbocycles. The summed E-state index contributed by atoms with van der Waals surface area (Å²) in [6.07, 6.45) is -8.65. The van der Waals surface area contributed by atoms with E-state index in [0.717, 1.165) is 0 Å². The number of halogens is 6. The Bertz CT molecular complexity index is 423. The van der Waals surface area contributed by atoms with Crippen molar-refractivity contribution in [3.8, 4) is 5.75 Å². The summed E-state index contributed by atoms with van der Waals surface area (Å²) in [6.45, 7) is 0. The van der Waals surface area contributed by atoms with Gasteiger partial charge >= 0.3 is 12.4 Å². The van der Waals surface area contributed by atoms with E-state index >= 15 is 0 Å². The quantitative estimate of drug-likeness (QED) is 0.614. The van der Waals surface area contributed by atoms with Crippen LogP contribution in [0.2, 0.25) is 0 Å². The number of rotatable bonds is 1. The van der Waals surface area contributed by atoms with E-state index in [2.05, 4.69) is 0 Å². The van der Waals surface area contributed by atoms with E-state index in [1.807, 2.05) is 0 Å². The average molecular weight is 276 g/mol. The molecule has 1 aromatic carbocycles. The number of thioether (sulfide) groups is 1. The van der Waals surface area contributed by atoms with Gasteiger partial charge in [-0.3, -0.25) is 0 Å². The van der Waals surface area contributed by atoms with Gasteiger partial charge in [-0.25, -0.2) is 0 Å². The monoisotopic (exact) mass is 276 g/mol. The molecule has 0 bridgehead atoms. The molecule has 96 valence electrons. The van der Waals surface area contributed by atoms with E-state index in [9.17, 15) is 31.4 Å². The highest BCUT2D eigenvalue weighted by atomic mass is 32.2. The van der Waals surface area contributed by atoms with Crippen LogP contribution in [-0.2, 0) is 12.4 Å². The number of aromatic hydroxyl groups is 1. The summed E-state index contributed by atoms with van der Waals surface area (Å²) in [7, 11) is 0. The van der Waals surface area contributed by atoms with Gasteiger partial charge in [0.05, 0.1) is 16.0 Å². The third-order valence-electron chi connectivity index (χ3n) is 1.93. The summed E-state index contributed by atoms with van der Waals surface area (Å²) in [5.41, 5.74) is -3.12. The van der Waals surface area contributed by atoms with Gasteiger partial charge in [0.15, 0.2) is 0 Å². The molecule has 8 heteroatoms. The smallest absolute Gasteiger partial charge is 0.420 e. The topological polar surface area (TPSA) is 20.2 Å². The van der Waals surface area contributed by atoms with Gasteiger partial charge in [0.2, 0.25) is 0 Å². The zero-order chi connectivity index (χ0) is 13.4. The molecule has 17 heavy (non-hydrogen) atoms. The van der Waals surface area contributed by atoms with Crippen molar-refractivity contribution < 1.29 is 31.4 Å². The number of hydrogen-bond donors (Lipinski definition) is 1. The van der Waals surface area contributed by atoms with E-state index in [1.54, 1.807) is 0 Å². The van der Waals surface area contributed by atoms with Crippen LogP contribution in [0.3, 0.4) is 0 Å². The molecule has 1 aromatic rings. The Labute approximate surface area is 96.4 Å². The van der Waals surface area contributed by atoms with Crippen molar-refractivity contribution in [2.24, 2.45) is 0 Å². The zero-order valence-electron chi connectivity index (χ0n) is 8.28. The van der Waals surface area contributed by atoms with Gasteiger partial charge in [-0.1, -0.05) is 0 Å². The standard InChI is InChI=1S/C9H6F6OS/c1-17-6-3-4(8(10,11)12)2-5(7(6)16)9(13,14)15/h2-3,16H,1H3. The van der Waals surface area contributed by atoms with Crippen molar-refractivity contribution in [1.29, 1.82) is 0 Å². The highest BCUT2D eigenvalue weighted by Crippen LogP contribution is 2.44. The van der Waals surface area contributed by atoms with E-state index in [4.69, 9.17) is 0 Å². The van der Waals surface area contributed by atoms with Gasteiger partial charge in [-0.05, 0) is 18.4 Å². The first kappa shape index (κ1) is 14.0. The molecule has 0 amide bonds. The Hall–Kier alpha value is -1.05. The molecule has 1 nitrogen and oxygen atoms in total. The Morgan fingerprint density at radius 3 is 1.88 bits per heavy atom. The predicted molar refractivity (Wildman–Crippen MR) is 49.9 cm³/mol. The lowest BCUT2D eigenvalue weighted by Gasteiger charge is -2.15. The number of phenolic OH excluding ortho intramolecular Hbond substituents is 1. The van der Waals surface area contributed by atoms with Crippen LogP contribution in [0.1, 0.15) is 11.1 Å². The van der Waals surface area contributed by atoms with Crippen LogP contribution in [0.5, 0.6) is 5.75 Å². The second-order valence-corrected chi connectivity index (χ2v) is 3.92. The second kappa shape index (κ2) is 4.32. The van der Waals surface area contributed by atoms with Crippen molar-refractivity contribution in [2.75, 3.05) is 6.26 Å². The molecule has 0 aliphatic carbocycles. The molecule has 0 fully saturated rings. The molecule has 1 N–H and O–H groups in total. The first-order chi connectivity index (χ1) is 7.57. The van der Waals surface area contributed by atoms with Crippen molar-refractivity contribution in [3.63, 3.8) is 0 Å². The predicted octanol–water partition coefficient (Wildman–Crippen LogP) is 4.15. The fourth-order valence-corrected chi connectivity index (χ4v) is 1.69. The summed E-state index contributed by atoms with van der Waals surface area (Å²) in [5, 5.41) is 9.21. The van der Waals surface area contributed by atoms with Crippen LogP contribution in [0.4, 0.5) is 26.3 Å². The minimum absolute atomic E-state index is 0.102. The van der Waals surface area contributed by atoms with Gasteiger partial charge < -0.3 is 5.11 Å². The lowest BCUT2D eigenvalue weighted by atomic mass is 10.1. The number of phenols is 1. The van der Waals surface area contributed by atoms with Crippen LogP contribution in [0, 0.1) is 0 Å². The lowest BCUT2D eigenvalue weighted by molar-refractivity contribution is -0.144. The normalized spacial score (nSPS) is 12.9. The van der Waals surface area contributed by atoms with Gasteiger partial charge in [0, 0.05) is 0 Å². The van der Waals surface area contributed by atoms with Crippen molar-refractivity contribution >= 4 is 11.8 Å². The highest BCUT2D eigenvalue weighted by Gasteiger charge is 2.39. The number of alkyl halides is 6. The largest absolute Gasteiger partial charge is 0.506 e. The maximum atomic E-state index is 12.4. The second-order valence-electron chi connectivity index (χ2n) is 3.07. The molecular formula is C9H6F6OS.